The van der Waals surface area contributed by atoms with E-state index in [0.717, 1.165) is 13.7 Å². The minimum absolute atomic E-state index is 0.211. The summed E-state index contributed by atoms with van der Waals surface area (Å²) in [6.45, 7) is 0. The van der Waals surface area contributed by atoms with Crippen LogP contribution in [0.25, 0.3) is 0 Å². The van der Waals surface area contributed by atoms with Gasteiger partial charge in [-0.05, 0) is 68.9 Å². The van der Waals surface area contributed by atoms with Crippen LogP contribution in [0.2, 0.25) is 0 Å². The number of nitrogen functional groups attached to an aromatic ring is 1. The molecular weight excluding hydrogens is 423 g/mol. The molecule has 0 fully saturated rings. The Hall–Kier alpha value is -1.19. The summed E-state index contributed by atoms with van der Waals surface area (Å²) in [6.07, 6.45) is 1.52. The molecule has 0 bridgehead atoms. The lowest BCUT2D eigenvalue weighted by molar-refractivity contribution is 0.102. The molecule has 0 atom stereocenters. The van der Waals surface area contributed by atoms with Crippen LogP contribution in [0.1, 0.15) is 10.4 Å². The second-order valence-electron chi connectivity index (χ2n) is 3.66. The van der Waals surface area contributed by atoms with Crippen LogP contribution in [0.4, 0.5) is 11.5 Å². The summed E-state index contributed by atoms with van der Waals surface area (Å²) in [5, 5.41) is 2.82. The molecule has 0 unspecified atom stereocenters. The van der Waals surface area contributed by atoms with Crippen LogP contribution in [0, 0.1) is 3.57 Å². The molecule has 0 saturated carbocycles. The van der Waals surface area contributed by atoms with Gasteiger partial charge in [0.1, 0.15) is 5.82 Å². The molecule has 7 heteroatoms. The van der Waals surface area contributed by atoms with Crippen molar-refractivity contribution in [2.45, 2.75) is 0 Å². The molecule has 2 rings (SSSR count). The quantitative estimate of drug-likeness (QED) is 0.395. The first-order valence-corrected chi connectivity index (χ1v) is 7.16. The van der Waals surface area contributed by atoms with Gasteiger partial charge < -0.3 is 10.7 Å². The van der Waals surface area contributed by atoms with E-state index in [1.165, 1.54) is 6.20 Å². The minimum Gasteiger partial charge on any atom is -0.322 e. The number of hydrogen-bond donors (Lipinski definition) is 3. The van der Waals surface area contributed by atoms with E-state index in [1.807, 2.05) is 18.2 Å². The van der Waals surface area contributed by atoms with E-state index >= 15 is 0 Å². The number of nitrogens with zero attached hydrogens (tertiary/aromatic N) is 1. The predicted octanol–water partition coefficient (Wildman–Crippen LogP) is 2.99. The molecule has 1 heterocycles. The summed E-state index contributed by atoms with van der Waals surface area (Å²) in [5.74, 6) is 5.49. The molecule has 5 nitrogen and oxygen atoms in total. The first kappa shape index (κ1) is 14.2. The van der Waals surface area contributed by atoms with Gasteiger partial charge in [-0.25, -0.2) is 10.8 Å². The van der Waals surface area contributed by atoms with Crippen LogP contribution in [0.15, 0.2) is 41.0 Å². The van der Waals surface area contributed by atoms with Crippen molar-refractivity contribution in [3.63, 3.8) is 0 Å². The van der Waals surface area contributed by atoms with E-state index < -0.39 is 0 Å². The Balaban J connectivity index is 2.18. The number of benzene rings is 1. The summed E-state index contributed by atoms with van der Waals surface area (Å²) in [4.78, 5) is 16.0. The molecular formula is C12H10BrIN4O. The molecule has 0 aliphatic heterocycles. The standard InChI is InChI=1S/C12H10BrIN4O/c13-9-2-1-8(6-10(9)14)17-12(19)7-3-4-16-11(5-7)18-15/h1-6H,15H2,(H,16,18)(H,17,19). The smallest absolute Gasteiger partial charge is 0.255 e. The van der Waals surface area contributed by atoms with Crippen LogP contribution in [0.3, 0.4) is 0 Å². The number of amides is 1. The lowest BCUT2D eigenvalue weighted by atomic mass is 10.2. The normalized spacial score (nSPS) is 10.1. The lowest BCUT2D eigenvalue weighted by Gasteiger charge is -2.07. The fourth-order valence-electron chi connectivity index (χ4n) is 1.43. The third-order valence-corrected chi connectivity index (χ3v) is 4.67. The highest BCUT2D eigenvalue weighted by Crippen LogP contribution is 2.23. The monoisotopic (exact) mass is 432 g/mol. The Labute approximate surface area is 132 Å². The zero-order valence-corrected chi connectivity index (χ0v) is 13.4. The molecule has 1 aromatic carbocycles. The maximum atomic E-state index is 12.1. The predicted molar refractivity (Wildman–Crippen MR) is 86.9 cm³/mol. The average Bonchev–Trinajstić information content (AvgIpc) is 2.43. The number of rotatable bonds is 3. The minimum atomic E-state index is -0.211. The van der Waals surface area contributed by atoms with Crippen LogP contribution in [-0.2, 0) is 0 Å². The molecule has 1 amide bonds. The number of carbonyl (C=O) groups excluding carboxylic acids is 1. The third kappa shape index (κ3) is 3.64. The Morgan fingerprint density at radius 2 is 2.11 bits per heavy atom. The first-order chi connectivity index (χ1) is 9.10. The van der Waals surface area contributed by atoms with Crippen LogP contribution < -0.4 is 16.6 Å². The second-order valence-corrected chi connectivity index (χ2v) is 5.67. The molecule has 1 aromatic heterocycles. The summed E-state index contributed by atoms with van der Waals surface area (Å²) < 4.78 is 2.01. The van der Waals surface area contributed by atoms with E-state index in [1.54, 1.807) is 12.1 Å². The van der Waals surface area contributed by atoms with Gasteiger partial charge in [0.05, 0.1) is 0 Å². The Kier molecular flexibility index (Phi) is 4.72. The molecule has 19 heavy (non-hydrogen) atoms. The zero-order valence-electron chi connectivity index (χ0n) is 9.65. The van der Waals surface area contributed by atoms with Crippen molar-refractivity contribution in [3.05, 3.63) is 50.1 Å². The van der Waals surface area contributed by atoms with E-state index in [4.69, 9.17) is 5.84 Å². The van der Waals surface area contributed by atoms with Crippen molar-refractivity contribution in [1.29, 1.82) is 0 Å². The molecule has 0 aliphatic carbocycles. The molecule has 0 radical (unpaired) electrons. The fraction of sp³-hybridized carbons (Fsp3) is 0. The van der Waals surface area contributed by atoms with Gasteiger partial charge in [-0.1, -0.05) is 0 Å². The summed E-state index contributed by atoms with van der Waals surface area (Å²) in [7, 11) is 0. The topological polar surface area (TPSA) is 80.0 Å². The maximum absolute atomic E-state index is 12.1. The maximum Gasteiger partial charge on any atom is 0.255 e. The Bertz CT molecular complexity index is 620. The van der Waals surface area contributed by atoms with E-state index in [9.17, 15) is 4.79 Å². The number of halogens is 2. The van der Waals surface area contributed by atoms with Crippen molar-refractivity contribution in [3.8, 4) is 0 Å². The number of hydrogen-bond acceptors (Lipinski definition) is 4. The van der Waals surface area contributed by atoms with E-state index in [2.05, 4.69) is 54.2 Å². The molecule has 0 spiro atoms. The van der Waals surface area contributed by atoms with Gasteiger partial charge in [0, 0.05) is 25.5 Å². The summed E-state index contributed by atoms with van der Waals surface area (Å²) in [5.41, 5.74) is 3.62. The van der Waals surface area contributed by atoms with Crippen molar-refractivity contribution in [1.82, 2.24) is 4.98 Å². The van der Waals surface area contributed by atoms with E-state index in [0.29, 0.717) is 11.4 Å². The number of hydrazine groups is 1. The molecule has 4 N–H and O–H groups in total. The van der Waals surface area contributed by atoms with Crippen molar-refractivity contribution in [2.75, 3.05) is 10.7 Å². The Morgan fingerprint density at radius 3 is 2.79 bits per heavy atom. The van der Waals surface area contributed by atoms with Crippen LogP contribution in [-0.4, -0.2) is 10.9 Å². The average molecular weight is 433 g/mol. The summed E-state index contributed by atoms with van der Waals surface area (Å²) in [6, 6.07) is 8.80. The third-order valence-electron chi connectivity index (χ3n) is 2.35. The number of aromatic nitrogens is 1. The second kappa shape index (κ2) is 6.31. The highest BCUT2D eigenvalue weighted by atomic mass is 127. The van der Waals surface area contributed by atoms with Crippen LogP contribution >= 0.6 is 38.5 Å². The lowest BCUT2D eigenvalue weighted by Crippen LogP contribution is -2.14. The van der Waals surface area contributed by atoms with Crippen molar-refractivity contribution < 1.29 is 4.79 Å². The largest absolute Gasteiger partial charge is 0.322 e. The van der Waals surface area contributed by atoms with Gasteiger partial charge in [0.15, 0.2) is 0 Å². The number of carbonyl (C=O) groups is 1. The summed E-state index contributed by atoms with van der Waals surface area (Å²) >= 11 is 5.60. The van der Waals surface area contributed by atoms with Crippen molar-refractivity contribution >= 4 is 55.9 Å². The van der Waals surface area contributed by atoms with Gasteiger partial charge in [-0.15, -0.1) is 0 Å². The SMILES string of the molecule is NNc1cc(C(=O)Nc2ccc(Br)c(I)c2)ccn1. The van der Waals surface area contributed by atoms with Gasteiger partial charge in [0.2, 0.25) is 0 Å². The highest BCUT2D eigenvalue weighted by Gasteiger charge is 2.08. The Morgan fingerprint density at radius 1 is 1.32 bits per heavy atom. The van der Waals surface area contributed by atoms with Gasteiger partial charge in [-0.2, -0.15) is 0 Å². The first-order valence-electron chi connectivity index (χ1n) is 5.29. The van der Waals surface area contributed by atoms with E-state index in [-0.39, 0.29) is 5.91 Å². The molecule has 0 aliphatic rings. The van der Waals surface area contributed by atoms with Crippen molar-refractivity contribution in [2.24, 2.45) is 5.84 Å². The highest BCUT2D eigenvalue weighted by molar-refractivity contribution is 14.1. The number of nitrogens with two attached hydrogens (primary N) is 1. The molecule has 0 saturated heterocycles. The number of nitrogens with one attached hydrogen (secondary N) is 2. The van der Waals surface area contributed by atoms with Gasteiger partial charge in [-0.3, -0.25) is 4.79 Å². The van der Waals surface area contributed by atoms with Gasteiger partial charge >= 0.3 is 0 Å². The molecule has 2 aromatic rings. The fourth-order valence-corrected chi connectivity index (χ4v) is 2.19. The molecule has 98 valence electrons. The van der Waals surface area contributed by atoms with Crippen LogP contribution in [0.5, 0.6) is 0 Å². The zero-order chi connectivity index (χ0) is 13.8. The number of anilines is 2. The van der Waals surface area contributed by atoms with Gasteiger partial charge in [0.25, 0.3) is 5.91 Å². The number of pyridine rings is 1.